The van der Waals surface area contributed by atoms with E-state index in [1.807, 2.05) is 70.7 Å². The van der Waals surface area contributed by atoms with Gasteiger partial charge in [-0.2, -0.15) is 0 Å². The SMILES string of the molecule is CCOc1ccc(-c2cn3c(CC(=O)NCCc4csc(-c5ccc(OC)c(OC)c5)n4)csc3n2)cc1. The fourth-order valence-electron chi connectivity index (χ4n) is 4.06. The molecule has 5 rings (SSSR count). The summed E-state index contributed by atoms with van der Waals surface area (Å²) >= 11 is 3.10. The standard InChI is InChI=1S/C28H28N4O4S2/c1-4-36-22-8-5-18(6-9-22)23-15-32-21(17-38-28(32)31-23)14-26(33)29-12-11-20-16-37-27(30-20)19-7-10-24(34-2)25(13-19)35-3/h5-10,13,15-17H,4,11-12,14H2,1-3H3,(H,29,33). The Balaban J connectivity index is 1.17. The number of nitrogens with one attached hydrogen (secondary N) is 1. The molecule has 3 heterocycles. The first-order valence-electron chi connectivity index (χ1n) is 12.2. The van der Waals surface area contributed by atoms with E-state index in [0.29, 0.717) is 31.1 Å². The maximum Gasteiger partial charge on any atom is 0.225 e. The van der Waals surface area contributed by atoms with Gasteiger partial charge in [-0.1, -0.05) is 0 Å². The lowest BCUT2D eigenvalue weighted by molar-refractivity contribution is -0.120. The van der Waals surface area contributed by atoms with Gasteiger partial charge in [0.15, 0.2) is 16.5 Å². The van der Waals surface area contributed by atoms with Gasteiger partial charge in [0, 0.05) is 46.7 Å². The lowest BCUT2D eigenvalue weighted by Gasteiger charge is -2.08. The number of carbonyl (C=O) groups is 1. The molecule has 0 saturated heterocycles. The van der Waals surface area contributed by atoms with Crippen molar-refractivity contribution < 1.29 is 19.0 Å². The smallest absolute Gasteiger partial charge is 0.225 e. The number of nitrogens with zero attached hydrogens (tertiary/aromatic N) is 3. The van der Waals surface area contributed by atoms with Crippen molar-refractivity contribution in [2.75, 3.05) is 27.4 Å². The van der Waals surface area contributed by atoms with Crippen molar-refractivity contribution in [3.8, 4) is 39.1 Å². The summed E-state index contributed by atoms with van der Waals surface area (Å²) in [5.74, 6) is 2.16. The van der Waals surface area contributed by atoms with Crippen LogP contribution in [0.1, 0.15) is 18.3 Å². The summed E-state index contributed by atoms with van der Waals surface area (Å²) in [7, 11) is 3.23. The molecule has 10 heteroatoms. The van der Waals surface area contributed by atoms with E-state index in [-0.39, 0.29) is 12.3 Å². The Morgan fingerprint density at radius 1 is 0.974 bits per heavy atom. The van der Waals surface area contributed by atoms with Crippen LogP contribution < -0.4 is 19.5 Å². The van der Waals surface area contributed by atoms with Crippen LogP contribution in [0.15, 0.2) is 59.4 Å². The quantitative estimate of drug-likeness (QED) is 0.234. The van der Waals surface area contributed by atoms with Crippen molar-refractivity contribution in [3.05, 3.63) is 70.8 Å². The molecule has 0 saturated carbocycles. The molecule has 0 radical (unpaired) electrons. The van der Waals surface area contributed by atoms with Gasteiger partial charge in [-0.25, -0.2) is 9.97 Å². The third kappa shape index (κ3) is 5.66. The van der Waals surface area contributed by atoms with Crippen LogP contribution in [0, 0.1) is 0 Å². The molecule has 2 aromatic carbocycles. The number of amides is 1. The number of benzene rings is 2. The van der Waals surface area contributed by atoms with Crippen LogP contribution in [0.2, 0.25) is 0 Å². The van der Waals surface area contributed by atoms with Gasteiger partial charge in [0.05, 0.1) is 38.6 Å². The first-order chi connectivity index (χ1) is 18.6. The zero-order chi connectivity index (χ0) is 26.5. The van der Waals surface area contributed by atoms with Gasteiger partial charge in [0.25, 0.3) is 0 Å². The molecular weight excluding hydrogens is 520 g/mol. The zero-order valence-electron chi connectivity index (χ0n) is 21.4. The predicted octanol–water partition coefficient (Wildman–Crippen LogP) is 5.50. The summed E-state index contributed by atoms with van der Waals surface area (Å²) in [6, 6.07) is 13.6. The van der Waals surface area contributed by atoms with Crippen molar-refractivity contribution in [1.82, 2.24) is 19.7 Å². The number of rotatable bonds is 11. The van der Waals surface area contributed by atoms with Gasteiger partial charge in [0.2, 0.25) is 5.91 Å². The number of methoxy groups -OCH3 is 2. The fraction of sp³-hybridized carbons (Fsp3) is 0.250. The second kappa shape index (κ2) is 11.7. The van der Waals surface area contributed by atoms with Crippen LogP contribution in [0.4, 0.5) is 0 Å². The molecular formula is C28H28N4O4S2. The minimum absolute atomic E-state index is 0.0311. The van der Waals surface area contributed by atoms with Crippen LogP contribution >= 0.6 is 22.7 Å². The summed E-state index contributed by atoms with van der Waals surface area (Å²) in [6.45, 7) is 3.11. The van der Waals surface area contributed by atoms with E-state index in [1.165, 1.54) is 11.3 Å². The van der Waals surface area contributed by atoms with Gasteiger partial charge >= 0.3 is 0 Å². The lowest BCUT2D eigenvalue weighted by atomic mass is 10.1. The number of hydrogen-bond acceptors (Lipinski definition) is 8. The highest BCUT2D eigenvalue weighted by molar-refractivity contribution is 7.15. The molecule has 0 aliphatic rings. The third-order valence-corrected chi connectivity index (χ3v) is 7.80. The third-order valence-electron chi connectivity index (χ3n) is 5.97. The number of aromatic nitrogens is 3. The molecule has 0 spiro atoms. The Hall–Kier alpha value is -3.89. The van der Waals surface area contributed by atoms with Gasteiger partial charge in [-0.05, 0) is 49.4 Å². The van der Waals surface area contributed by atoms with Gasteiger partial charge in [-0.15, -0.1) is 22.7 Å². The van der Waals surface area contributed by atoms with E-state index in [0.717, 1.165) is 43.9 Å². The average molecular weight is 549 g/mol. The Morgan fingerprint density at radius 2 is 1.76 bits per heavy atom. The zero-order valence-corrected chi connectivity index (χ0v) is 23.0. The molecule has 8 nitrogen and oxygen atoms in total. The predicted molar refractivity (Wildman–Crippen MR) is 151 cm³/mol. The van der Waals surface area contributed by atoms with Crippen molar-refractivity contribution >= 4 is 33.5 Å². The summed E-state index contributed by atoms with van der Waals surface area (Å²) in [5, 5.41) is 7.93. The molecule has 38 heavy (non-hydrogen) atoms. The highest BCUT2D eigenvalue weighted by atomic mass is 32.1. The summed E-state index contributed by atoms with van der Waals surface area (Å²) in [4.78, 5) is 23.0. The maximum absolute atomic E-state index is 12.7. The minimum Gasteiger partial charge on any atom is -0.494 e. The average Bonchev–Trinajstić information content (AvgIpc) is 3.67. The largest absolute Gasteiger partial charge is 0.494 e. The Labute approximate surface area is 228 Å². The fourth-order valence-corrected chi connectivity index (χ4v) is 5.79. The van der Waals surface area contributed by atoms with Crippen molar-refractivity contribution in [2.24, 2.45) is 0 Å². The maximum atomic E-state index is 12.7. The number of imidazole rings is 1. The van der Waals surface area contributed by atoms with E-state index < -0.39 is 0 Å². The molecule has 0 bridgehead atoms. The summed E-state index contributed by atoms with van der Waals surface area (Å²) in [6.07, 6.45) is 2.92. The van der Waals surface area contributed by atoms with E-state index in [9.17, 15) is 4.79 Å². The first kappa shape index (κ1) is 25.7. The van der Waals surface area contributed by atoms with Gasteiger partial charge in [0.1, 0.15) is 10.8 Å². The molecule has 5 aromatic rings. The molecule has 0 fully saturated rings. The lowest BCUT2D eigenvalue weighted by Crippen LogP contribution is -2.27. The summed E-state index contributed by atoms with van der Waals surface area (Å²) in [5.41, 5.74) is 4.70. The van der Waals surface area contributed by atoms with Gasteiger partial charge < -0.3 is 19.5 Å². The molecule has 0 atom stereocenters. The van der Waals surface area contributed by atoms with Crippen LogP contribution in [0.5, 0.6) is 17.2 Å². The first-order valence-corrected chi connectivity index (χ1v) is 14.0. The van der Waals surface area contributed by atoms with Crippen LogP contribution in [0.3, 0.4) is 0 Å². The molecule has 3 aromatic heterocycles. The number of thiazole rings is 2. The highest BCUT2D eigenvalue weighted by Gasteiger charge is 2.14. The monoisotopic (exact) mass is 548 g/mol. The molecule has 0 unspecified atom stereocenters. The second-order valence-corrected chi connectivity index (χ2v) is 10.1. The van der Waals surface area contributed by atoms with E-state index >= 15 is 0 Å². The van der Waals surface area contributed by atoms with Crippen molar-refractivity contribution in [1.29, 1.82) is 0 Å². The Kier molecular flexibility index (Phi) is 7.90. The highest BCUT2D eigenvalue weighted by Crippen LogP contribution is 2.33. The van der Waals surface area contributed by atoms with Crippen molar-refractivity contribution in [3.63, 3.8) is 0 Å². The summed E-state index contributed by atoms with van der Waals surface area (Å²) < 4.78 is 18.2. The Bertz CT molecular complexity index is 1540. The second-order valence-electron chi connectivity index (χ2n) is 8.45. The molecule has 0 aliphatic heterocycles. The number of hydrogen-bond donors (Lipinski definition) is 1. The topological polar surface area (TPSA) is 87.0 Å². The van der Waals surface area contributed by atoms with E-state index in [4.69, 9.17) is 24.2 Å². The van der Waals surface area contributed by atoms with E-state index in [2.05, 4.69) is 5.32 Å². The number of ether oxygens (including phenoxy) is 3. The Morgan fingerprint density at radius 3 is 2.53 bits per heavy atom. The normalized spacial score (nSPS) is 11.0. The molecule has 1 amide bonds. The number of fused-ring (bicyclic) bond motifs is 1. The van der Waals surface area contributed by atoms with Gasteiger partial charge in [-0.3, -0.25) is 9.20 Å². The van der Waals surface area contributed by atoms with Crippen LogP contribution in [0.25, 0.3) is 26.8 Å². The van der Waals surface area contributed by atoms with Crippen LogP contribution in [-0.4, -0.2) is 47.6 Å². The minimum atomic E-state index is -0.0311. The number of carbonyl (C=O) groups excluding carboxylic acids is 1. The van der Waals surface area contributed by atoms with Crippen LogP contribution in [-0.2, 0) is 17.6 Å². The molecule has 0 aliphatic carbocycles. The molecule has 1 N–H and O–H groups in total. The molecule has 196 valence electrons. The van der Waals surface area contributed by atoms with Crippen molar-refractivity contribution in [2.45, 2.75) is 19.8 Å². The van der Waals surface area contributed by atoms with E-state index in [1.54, 1.807) is 25.6 Å².